The lowest BCUT2D eigenvalue weighted by Crippen LogP contribution is -2.15. The topological polar surface area (TPSA) is 66.9 Å². The van der Waals surface area contributed by atoms with Crippen molar-refractivity contribution in [1.82, 2.24) is 10.2 Å². The molecule has 1 heterocycles. The molecule has 1 amide bonds. The van der Waals surface area contributed by atoms with Crippen molar-refractivity contribution in [2.45, 2.75) is 32.6 Å². The van der Waals surface area contributed by atoms with E-state index >= 15 is 0 Å². The van der Waals surface area contributed by atoms with Gasteiger partial charge in [0.1, 0.15) is 5.82 Å². The zero-order chi connectivity index (χ0) is 12.1. The average Bonchev–Trinajstić information content (AvgIpc) is 3.16. The number of hydrogen-bond donors (Lipinski definition) is 2. The summed E-state index contributed by atoms with van der Waals surface area (Å²) in [7, 11) is 0. The molecule has 1 aromatic heterocycles. The van der Waals surface area contributed by atoms with E-state index in [0.717, 1.165) is 38.0 Å². The molecule has 0 unspecified atom stereocenters. The minimum Gasteiger partial charge on any atom is -0.369 e. The van der Waals surface area contributed by atoms with Gasteiger partial charge in [-0.3, -0.25) is 4.79 Å². The Morgan fingerprint density at radius 2 is 2.06 bits per heavy atom. The quantitative estimate of drug-likeness (QED) is 0.739. The largest absolute Gasteiger partial charge is 0.369 e. The summed E-state index contributed by atoms with van der Waals surface area (Å²) in [6, 6.07) is 3.62. The first-order valence-corrected chi connectivity index (χ1v) is 6.18. The van der Waals surface area contributed by atoms with Gasteiger partial charge in [-0.2, -0.15) is 0 Å². The van der Waals surface area contributed by atoms with Crippen LogP contribution in [-0.4, -0.2) is 22.6 Å². The number of rotatable bonds is 6. The van der Waals surface area contributed by atoms with Crippen LogP contribution in [0.4, 0.5) is 11.6 Å². The molecule has 17 heavy (non-hydrogen) atoms. The molecule has 92 valence electrons. The highest BCUT2D eigenvalue weighted by Crippen LogP contribution is 2.29. The zero-order valence-corrected chi connectivity index (χ0v) is 10.1. The highest BCUT2D eigenvalue weighted by Gasteiger charge is 2.29. The minimum atomic E-state index is 0.0611. The van der Waals surface area contributed by atoms with E-state index in [-0.39, 0.29) is 11.8 Å². The Morgan fingerprint density at radius 1 is 1.35 bits per heavy atom. The summed E-state index contributed by atoms with van der Waals surface area (Å²) in [4.78, 5) is 11.5. The average molecular weight is 234 g/mol. The molecule has 1 aliphatic carbocycles. The summed E-state index contributed by atoms with van der Waals surface area (Å²) >= 11 is 0. The van der Waals surface area contributed by atoms with Crippen LogP contribution < -0.4 is 10.6 Å². The highest BCUT2D eigenvalue weighted by atomic mass is 16.2. The number of hydrogen-bond acceptors (Lipinski definition) is 4. The number of aromatic nitrogens is 2. The van der Waals surface area contributed by atoms with E-state index in [2.05, 4.69) is 27.8 Å². The van der Waals surface area contributed by atoms with Crippen molar-refractivity contribution in [1.29, 1.82) is 0 Å². The lowest BCUT2D eigenvalue weighted by molar-refractivity contribution is -0.117. The van der Waals surface area contributed by atoms with Crippen LogP contribution in [0.15, 0.2) is 12.1 Å². The third kappa shape index (κ3) is 3.69. The zero-order valence-electron chi connectivity index (χ0n) is 10.1. The van der Waals surface area contributed by atoms with Crippen molar-refractivity contribution in [3.63, 3.8) is 0 Å². The van der Waals surface area contributed by atoms with Gasteiger partial charge in [-0.15, -0.1) is 10.2 Å². The predicted octanol–water partition coefficient (Wildman–Crippen LogP) is 2.04. The number of nitrogens with one attached hydrogen (secondary N) is 2. The third-order valence-corrected chi connectivity index (χ3v) is 2.70. The van der Waals surface area contributed by atoms with Crippen LogP contribution in [0.25, 0.3) is 0 Å². The predicted molar refractivity (Wildman–Crippen MR) is 66.8 cm³/mol. The molecule has 1 saturated carbocycles. The van der Waals surface area contributed by atoms with Crippen LogP contribution in [0.3, 0.4) is 0 Å². The van der Waals surface area contributed by atoms with Gasteiger partial charge >= 0.3 is 0 Å². The number of carbonyl (C=O) groups excluding carboxylic acids is 1. The molecule has 0 bridgehead atoms. The number of amides is 1. The van der Waals surface area contributed by atoms with E-state index in [0.29, 0.717) is 5.82 Å². The SMILES string of the molecule is CCCCNc1ccc(NC(=O)C2CC2)nn1. The molecule has 0 aromatic carbocycles. The van der Waals surface area contributed by atoms with Crippen molar-refractivity contribution < 1.29 is 4.79 Å². The van der Waals surface area contributed by atoms with E-state index in [1.165, 1.54) is 0 Å². The third-order valence-electron chi connectivity index (χ3n) is 2.70. The van der Waals surface area contributed by atoms with Crippen LogP contribution in [0, 0.1) is 5.92 Å². The van der Waals surface area contributed by atoms with Crippen molar-refractivity contribution >= 4 is 17.5 Å². The van der Waals surface area contributed by atoms with Crippen LogP contribution in [0.1, 0.15) is 32.6 Å². The maximum Gasteiger partial charge on any atom is 0.228 e. The van der Waals surface area contributed by atoms with Gasteiger partial charge in [0.2, 0.25) is 5.91 Å². The fraction of sp³-hybridized carbons (Fsp3) is 0.583. The Kier molecular flexibility index (Phi) is 3.90. The van der Waals surface area contributed by atoms with Crippen molar-refractivity contribution in [3.05, 3.63) is 12.1 Å². The van der Waals surface area contributed by atoms with E-state index < -0.39 is 0 Å². The summed E-state index contributed by atoms with van der Waals surface area (Å²) < 4.78 is 0. The molecule has 0 atom stereocenters. The van der Waals surface area contributed by atoms with Crippen LogP contribution >= 0.6 is 0 Å². The van der Waals surface area contributed by atoms with Crippen LogP contribution in [0.5, 0.6) is 0 Å². The van der Waals surface area contributed by atoms with Gasteiger partial charge in [0, 0.05) is 12.5 Å². The fourth-order valence-corrected chi connectivity index (χ4v) is 1.46. The Morgan fingerprint density at radius 3 is 2.65 bits per heavy atom. The highest BCUT2D eigenvalue weighted by molar-refractivity contribution is 5.93. The maximum absolute atomic E-state index is 11.5. The van der Waals surface area contributed by atoms with Gasteiger partial charge in [0.25, 0.3) is 0 Å². The van der Waals surface area contributed by atoms with E-state index in [1.807, 2.05) is 6.07 Å². The molecule has 1 aromatic rings. The van der Waals surface area contributed by atoms with Crippen molar-refractivity contribution in [2.24, 2.45) is 5.92 Å². The van der Waals surface area contributed by atoms with E-state index in [4.69, 9.17) is 0 Å². The maximum atomic E-state index is 11.5. The number of unbranched alkanes of at least 4 members (excludes halogenated alkanes) is 1. The van der Waals surface area contributed by atoms with Crippen LogP contribution in [-0.2, 0) is 4.79 Å². The lowest BCUT2D eigenvalue weighted by Gasteiger charge is -2.05. The number of carbonyl (C=O) groups is 1. The van der Waals surface area contributed by atoms with Gasteiger partial charge in [-0.1, -0.05) is 13.3 Å². The molecule has 5 nitrogen and oxygen atoms in total. The second-order valence-corrected chi connectivity index (χ2v) is 4.35. The Balaban J connectivity index is 1.82. The molecule has 5 heteroatoms. The molecular weight excluding hydrogens is 216 g/mol. The molecular formula is C12H18N4O. The van der Waals surface area contributed by atoms with Gasteiger partial charge in [-0.25, -0.2) is 0 Å². The fourth-order valence-electron chi connectivity index (χ4n) is 1.46. The summed E-state index contributed by atoms with van der Waals surface area (Å²) in [5, 5.41) is 13.9. The van der Waals surface area contributed by atoms with E-state index in [9.17, 15) is 4.79 Å². The van der Waals surface area contributed by atoms with Gasteiger partial charge in [-0.05, 0) is 31.4 Å². The van der Waals surface area contributed by atoms with Gasteiger partial charge < -0.3 is 10.6 Å². The number of anilines is 2. The summed E-state index contributed by atoms with van der Waals surface area (Å²) in [5.41, 5.74) is 0. The monoisotopic (exact) mass is 234 g/mol. The summed E-state index contributed by atoms with van der Waals surface area (Å²) in [6.07, 6.45) is 4.25. The molecule has 0 saturated heterocycles. The smallest absolute Gasteiger partial charge is 0.228 e. The first-order valence-electron chi connectivity index (χ1n) is 6.18. The molecule has 0 spiro atoms. The second-order valence-electron chi connectivity index (χ2n) is 4.35. The normalized spacial score (nSPS) is 14.4. The molecule has 2 N–H and O–H groups in total. The van der Waals surface area contributed by atoms with Crippen LogP contribution in [0.2, 0.25) is 0 Å². The number of nitrogens with zero attached hydrogens (tertiary/aromatic N) is 2. The molecule has 0 radical (unpaired) electrons. The second kappa shape index (κ2) is 5.61. The first kappa shape index (κ1) is 11.8. The lowest BCUT2D eigenvalue weighted by atomic mass is 10.3. The summed E-state index contributed by atoms with van der Waals surface area (Å²) in [5.74, 6) is 1.54. The van der Waals surface area contributed by atoms with E-state index in [1.54, 1.807) is 6.07 Å². The van der Waals surface area contributed by atoms with Gasteiger partial charge in [0.05, 0.1) is 0 Å². The standard InChI is InChI=1S/C12H18N4O/c1-2-3-8-13-10-6-7-11(16-15-10)14-12(17)9-4-5-9/h6-7,9H,2-5,8H2,1H3,(H,13,15)(H,14,16,17). The first-order chi connectivity index (χ1) is 8.29. The van der Waals surface area contributed by atoms with Crippen molar-refractivity contribution in [2.75, 3.05) is 17.2 Å². The van der Waals surface area contributed by atoms with Gasteiger partial charge in [0.15, 0.2) is 5.82 Å². The Bertz CT molecular complexity index is 373. The molecule has 0 aliphatic heterocycles. The molecule has 2 rings (SSSR count). The summed E-state index contributed by atoms with van der Waals surface area (Å²) in [6.45, 7) is 3.04. The minimum absolute atomic E-state index is 0.0611. The Labute approximate surface area is 101 Å². The molecule has 1 aliphatic rings. The molecule has 1 fully saturated rings. The Hall–Kier alpha value is -1.65. The van der Waals surface area contributed by atoms with Crippen molar-refractivity contribution in [3.8, 4) is 0 Å².